The van der Waals surface area contributed by atoms with Crippen LogP contribution in [0.5, 0.6) is 11.5 Å². The molecule has 0 saturated heterocycles. The molecular weight excluding hydrogens is 258 g/mol. The molecule has 1 aromatic carbocycles. The van der Waals surface area contributed by atoms with Gasteiger partial charge < -0.3 is 20.1 Å². The van der Waals surface area contributed by atoms with E-state index in [1.807, 2.05) is 10.8 Å². The van der Waals surface area contributed by atoms with Gasteiger partial charge in [-0.1, -0.05) is 0 Å². The number of phenols is 2. The average Bonchev–Trinajstić information content (AvgIpc) is 2.94. The van der Waals surface area contributed by atoms with Crippen molar-refractivity contribution < 1.29 is 15.0 Å². The summed E-state index contributed by atoms with van der Waals surface area (Å²) >= 11 is 0. The number of carbonyl (C=O) groups is 1. The van der Waals surface area contributed by atoms with Gasteiger partial charge in [0.05, 0.1) is 11.9 Å². The highest BCUT2D eigenvalue weighted by Gasteiger charge is 2.11. The summed E-state index contributed by atoms with van der Waals surface area (Å²) in [5, 5.41) is 21.6. The highest BCUT2D eigenvalue weighted by molar-refractivity contribution is 5.97. The van der Waals surface area contributed by atoms with Crippen molar-refractivity contribution in [2.24, 2.45) is 0 Å². The first-order chi connectivity index (χ1) is 9.66. The molecule has 1 aromatic heterocycles. The molecule has 6 nitrogen and oxygen atoms in total. The number of hydrogen-bond acceptors (Lipinski definition) is 4. The first-order valence-corrected chi connectivity index (χ1v) is 6.43. The van der Waals surface area contributed by atoms with Gasteiger partial charge in [-0.2, -0.15) is 0 Å². The number of nitrogens with one attached hydrogen (secondary N) is 1. The summed E-state index contributed by atoms with van der Waals surface area (Å²) in [7, 11) is 0. The predicted molar refractivity (Wildman–Crippen MR) is 73.6 cm³/mol. The highest BCUT2D eigenvalue weighted by atomic mass is 16.3. The van der Waals surface area contributed by atoms with Crippen molar-refractivity contribution in [3.05, 3.63) is 42.5 Å². The van der Waals surface area contributed by atoms with Crippen LogP contribution in [-0.2, 0) is 6.54 Å². The number of phenolic OH excluding ortho intramolecular Hbond substituents is 2. The Balaban J connectivity index is 1.73. The fraction of sp³-hybridized carbons (Fsp3) is 0.286. The molecule has 6 heteroatoms. The van der Waals surface area contributed by atoms with Crippen molar-refractivity contribution in [1.82, 2.24) is 14.9 Å². The molecule has 0 fully saturated rings. The molecule has 0 unspecified atom stereocenters. The minimum atomic E-state index is -0.388. The number of hydrogen-bond donors (Lipinski definition) is 3. The maximum atomic E-state index is 11.8. The number of rotatable bonds is 6. The van der Waals surface area contributed by atoms with Gasteiger partial charge in [0.15, 0.2) is 0 Å². The van der Waals surface area contributed by atoms with Crippen LogP contribution in [0.4, 0.5) is 0 Å². The zero-order valence-corrected chi connectivity index (χ0v) is 11.0. The standard InChI is InChI=1S/C14H17N3O3/c18-11-3-4-13(19)12(9-11)14(20)16-5-1-2-7-17-8-6-15-10-17/h3-4,6,8-10,18-19H,1-2,5,7H2,(H,16,20). The minimum absolute atomic E-state index is 0.0481. The highest BCUT2D eigenvalue weighted by Crippen LogP contribution is 2.21. The fourth-order valence-electron chi connectivity index (χ4n) is 1.84. The summed E-state index contributed by atoms with van der Waals surface area (Å²) in [6.07, 6.45) is 7.12. The number of aromatic nitrogens is 2. The van der Waals surface area contributed by atoms with Crippen LogP contribution < -0.4 is 5.32 Å². The number of unbranched alkanes of at least 4 members (excludes halogenated alkanes) is 1. The Morgan fingerprint density at radius 2 is 2.15 bits per heavy atom. The van der Waals surface area contributed by atoms with Crippen LogP contribution in [0.25, 0.3) is 0 Å². The summed E-state index contributed by atoms with van der Waals surface area (Å²) in [6.45, 7) is 1.37. The van der Waals surface area contributed by atoms with Crippen LogP contribution >= 0.6 is 0 Å². The van der Waals surface area contributed by atoms with E-state index in [-0.39, 0.29) is 23.0 Å². The van der Waals surface area contributed by atoms with E-state index in [1.54, 1.807) is 12.5 Å². The molecule has 0 radical (unpaired) electrons. The summed E-state index contributed by atoms with van der Waals surface area (Å²) in [4.78, 5) is 15.8. The van der Waals surface area contributed by atoms with Gasteiger partial charge in [-0.25, -0.2) is 4.98 Å². The van der Waals surface area contributed by atoms with Crippen molar-refractivity contribution in [1.29, 1.82) is 0 Å². The number of carbonyl (C=O) groups excluding carboxylic acids is 1. The second-order valence-corrected chi connectivity index (χ2v) is 4.46. The lowest BCUT2D eigenvalue weighted by atomic mass is 10.1. The molecule has 106 valence electrons. The molecule has 0 aliphatic heterocycles. The molecule has 0 aliphatic carbocycles. The maximum absolute atomic E-state index is 11.8. The lowest BCUT2D eigenvalue weighted by Gasteiger charge is -2.07. The fourth-order valence-corrected chi connectivity index (χ4v) is 1.84. The topological polar surface area (TPSA) is 87.4 Å². The summed E-state index contributed by atoms with van der Waals surface area (Å²) in [6, 6.07) is 3.87. The summed E-state index contributed by atoms with van der Waals surface area (Å²) in [5.74, 6) is -0.576. The second kappa shape index (κ2) is 6.60. The Hall–Kier alpha value is -2.50. The van der Waals surface area contributed by atoms with Gasteiger partial charge in [-0.15, -0.1) is 0 Å². The van der Waals surface area contributed by atoms with Gasteiger partial charge in [0.25, 0.3) is 5.91 Å². The first kappa shape index (κ1) is 13.9. The molecule has 2 rings (SSSR count). The molecule has 20 heavy (non-hydrogen) atoms. The second-order valence-electron chi connectivity index (χ2n) is 4.46. The Kier molecular flexibility index (Phi) is 4.60. The van der Waals surface area contributed by atoms with Crippen LogP contribution in [0, 0.1) is 0 Å². The molecule has 0 aliphatic rings. The third kappa shape index (κ3) is 3.74. The number of aryl methyl sites for hydroxylation is 1. The van der Waals surface area contributed by atoms with Crippen molar-refractivity contribution in [3.8, 4) is 11.5 Å². The van der Waals surface area contributed by atoms with E-state index < -0.39 is 0 Å². The SMILES string of the molecule is O=C(NCCCCn1ccnc1)c1cc(O)ccc1O. The molecule has 1 heterocycles. The van der Waals surface area contributed by atoms with Crippen LogP contribution in [-0.4, -0.2) is 32.2 Å². The van der Waals surface area contributed by atoms with Gasteiger partial charge in [0.2, 0.25) is 0 Å². The van der Waals surface area contributed by atoms with Crippen LogP contribution in [0.2, 0.25) is 0 Å². The predicted octanol–water partition coefficient (Wildman–Crippen LogP) is 1.50. The smallest absolute Gasteiger partial charge is 0.255 e. The van der Waals surface area contributed by atoms with Gasteiger partial charge >= 0.3 is 0 Å². The molecule has 2 aromatic rings. The number of amides is 1. The van der Waals surface area contributed by atoms with E-state index in [4.69, 9.17) is 0 Å². The molecule has 3 N–H and O–H groups in total. The lowest BCUT2D eigenvalue weighted by Crippen LogP contribution is -2.24. The van der Waals surface area contributed by atoms with Gasteiger partial charge in [-0.05, 0) is 31.0 Å². The van der Waals surface area contributed by atoms with Crippen molar-refractivity contribution >= 4 is 5.91 Å². The van der Waals surface area contributed by atoms with E-state index in [0.29, 0.717) is 6.54 Å². The molecule has 0 saturated carbocycles. The average molecular weight is 275 g/mol. The molecule has 1 amide bonds. The minimum Gasteiger partial charge on any atom is -0.508 e. The van der Waals surface area contributed by atoms with Crippen molar-refractivity contribution in [2.75, 3.05) is 6.54 Å². The lowest BCUT2D eigenvalue weighted by molar-refractivity contribution is 0.0950. The Morgan fingerprint density at radius 1 is 1.30 bits per heavy atom. The van der Waals surface area contributed by atoms with Crippen LogP contribution in [0.1, 0.15) is 23.2 Å². The number of nitrogens with zero attached hydrogens (tertiary/aromatic N) is 2. The summed E-state index contributed by atoms with van der Waals surface area (Å²) < 4.78 is 1.98. The van der Waals surface area contributed by atoms with Crippen LogP contribution in [0.15, 0.2) is 36.9 Å². The van der Waals surface area contributed by atoms with Crippen molar-refractivity contribution in [2.45, 2.75) is 19.4 Å². The Labute approximate surface area is 116 Å². The number of imidazole rings is 1. The Morgan fingerprint density at radius 3 is 2.90 bits per heavy atom. The molecular formula is C14H17N3O3. The van der Waals surface area contributed by atoms with Gasteiger partial charge in [0.1, 0.15) is 11.5 Å². The summed E-state index contributed by atoms with van der Waals surface area (Å²) in [5.41, 5.74) is 0.0830. The molecule has 0 bridgehead atoms. The molecule has 0 atom stereocenters. The zero-order chi connectivity index (χ0) is 14.4. The van der Waals surface area contributed by atoms with Crippen LogP contribution in [0.3, 0.4) is 0 Å². The quantitative estimate of drug-likeness (QED) is 0.551. The zero-order valence-electron chi connectivity index (χ0n) is 11.0. The third-order valence-corrected chi connectivity index (χ3v) is 2.91. The van der Waals surface area contributed by atoms with E-state index in [0.717, 1.165) is 19.4 Å². The van der Waals surface area contributed by atoms with E-state index in [2.05, 4.69) is 10.3 Å². The maximum Gasteiger partial charge on any atom is 0.255 e. The van der Waals surface area contributed by atoms with E-state index in [9.17, 15) is 15.0 Å². The van der Waals surface area contributed by atoms with Crippen molar-refractivity contribution in [3.63, 3.8) is 0 Å². The number of benzene rings is 1. The first-order valence-electron chi connectivity index (χ1n) is 6.43. The largest absolute Gasteiger partial charge is 0.508 e. The Bertz CT molecular complexity index is 567. The van der Waals surface area contributed by atoms with Gasteiger partial charge in [0, 0.05) is 25.5 Å². The third-order valence-electron chi connectivity index (χ3n) is 2.91. The van der Waals surface area contributed by atoms with E-state index in [1.165, 1.54) is 18.2 Å². The normalized spacial score (nSPS) is 10.4. The molecule has 0 spiro atoms. The van der Waals surface area contributed by atoms with E-state index >= 15 is 0 Å². The monoisotopic (exact) mass is 275 g/mol. The van der Waals surface area contributed by atoms with Gasteiger partial charge in [-0.3, -0.25) is 4.79 Å². The number of aromatic hydroxyl groups is 2.